The number of benzene rings is 1. The van der Waals surface area contributed by atoms with E-state index in [1.54, 1.807) is 35.6 Å². The van der Waals surface area contributed by atoms with Crippen molar-refractivity contribution < 1.29 is 4.92 Å². The first kappa shape index (κ1) is 13.0. The van der Waals surface area contributed by atoms with Crippen molar-refractivity contribution in [2.45, 2.75) is 25.2 Å². The zero-order valence-corrected chi connectivity index (χ0v) is 11.7. The van der Waals surface area contributed by atoms with Gasteiger partial charge in [0.2, 0.25) is 0 Å². The third-order valence-corrected chi connectivity index (χ3v) is 4.43. The molecule has 3 rings (SSSR count). The van der Waals surface area contributed by atoms with Crippen LogP contribution in [0.1, 0.15) is 41.4 Å². The Balaban J connectivity index is 1.80. The fourth-order valence-corrected chi connectivity index (χ4v) is 3.02. The van der Waals surface area contributed by atoms with Crippen molar-refractivity contribution in [2.75, 3.05) is 0 Å². The second-order valence-corrected chi connectivity index (χ2v) is 5.78. The molecule has 1 heterocycles. The molecule has 0 saturated heterocycles. The Hall–Kier alpha value is -2.01. The van der Waals surface area contributed by atoms with E-state index in [2.05, 4.69) is 10.4 Å². The lowest BCUT2D eigenvalue weighted by atomic mass is 9.83. The third kappa shape index (κ3) is 2.63. The lowest BCUT2D eigenvalue weighted by Crippen LogP contribution is -2.08. The molecule has 0 bridgehead atoms. The van der Waals surface area contributed by atoms with Gasteiger partial charge in [-0.2, -0.15) is 0 Å². The third-order valence-electron chi connectivity index (χ3n) is 3.60. The fraction of sp³-hybridized carbons (Fsp3) is 0.267. The Kier molecular flexibility index (Phi) is 3.60. The predicted molar refractivity (Wildman–Crippen MR) is 80.7 cm³/mol. The van der Waals surface area contributed by atoms with Crippen molar-refractivity contribution in [2.24, 2.45) is 0 Å². The van der Waals surface area contributed by atoms with Gasteiger partial charge in [0.1, 0.15) is 5.01 Å². The van der Waals surface area contributed by atoms with Gasteiger partial charge in [0.05, 0.1) is 16.2 Å². The first-order chi connectivity index (χ1) is 9.74. The van der Waals surface area contributed by atoms with Crippen LogP contribution < -0.4 is 0 Å². The minimum atomic E-state index is -0.360. The van der Waals surface area contributed by atoms with Crippen molar-refractivity contribution in [1.82, 2.24) is 4.98 Å². The van der Waals surface area contributed by atoms with Crippen LogP contribution >= 0.6 is 11.3 Å². The smallest absolute Gasteiger partial charge is 0.258 e. The molecular formula is C15H14N2O2S. The summed E-state index contributed by atoms with van der Waals surface area (Å²) < 4.78 is 0. The average Bonchev–Trinajstić information content (AvgIpc) is 2.83. The van der Waals surface area contributed by atoms with Crippen molar-refractivity contribution in [3.63, 3.8) is 0 Å². The Morgan fingerprint density at radius 2 is 2.10 bits per heavy atom. The Labute approximate surface area is 120 Å². The molecule has 1 aliphatic carbocycles. The average molecular weight is 286 g/mol. The topological polar surface area (TPSA) is 56.0 Å². The number of nitro groups is 1. The van der Waals surface area contributed by atoms with Gasteiger partial charge in [-0.05, 0) is 31.1 Å². The molecule has 20 heavy (non-hydrogen) atoms. The van der Waals surface area contributed by atoms with Crippen LogP contribution in [-0.4, -0.2) is 9.91 Å². The molecule has 1 fully saturated rings. The highest BCUT2D eigenvalue weighted by molar-refractivity contribution is 7.10. The monoisotopic (exact) mass is 286 g/mol. The van der Waals surface area contributed by atoms with Crippen molar-refractivity contribution in [3.05, 3.63) is 56.0 Å². The van der Waals surface area contributed by atoms with E-state index < -0.39 is 0 Å². The van der Waals surface area contributed by atoms with Crippen molar-refractivity contribution >= 4 is 29.2 Å². The summed E-state index contributed by atoms with van der Waals surface area (Å²) in [7, 11) is 0. The van der Waals surface area contributed by atoms with Crippen LogP contribution in [-0.2, 0) is 0 Å². The zero-order chi connectivity index (χ0) is 13.9. The molecule has 1 aromatic carbocycles. The summed E-state index contributed by atoms with van der Waals surface area (Å²) >= 11 is 1.59. The highest BCUT2D eigenvalue weighted by Gasteiger charge is 2.21. The molecule has 1 aromatic heterocycles. The molecule has 0 N–H and O–H groups in total. The van der Waals surface area contributed by atoms with Gasteiger partial charge < -0.3 is 0 Å². The predicted octanol–water partition coefficient (Wildman–Crippen LogP) is 4.49. The van der Waals surface area contributed by atoms with E-state index >= 15 is 0 Å². The summed E-state index contributed by atoms with van der Waals surface area (Å²) in [5.41, 5.74) is 1.90. The molecule has 102 valence electrons. The highest BCUT2D eigenvalue weighted by Crippen LogP contribution is 2.36. The van der Waals surface area contributed by atoms with Crippen LogP contribution in [0.4, 0.5) is 5.69 Å². The standard InChI is InChI=1S/C15H14N2O2S/c18-17(19)14-7-2-1-4-12(14)8-9-15-16-13(10-20-15)11-5-3-6-11/h1-2,4,7-11H,3,5-6H2/b9-8+. The summed E-state index contributed by atoms with van der Waals surface area (Å²) in [5, 5.41) is 13.9. The molecule has 0 amide bonds. The molecule has 5 heteroatoms. The van der Waals surface area contributed by atoms with Gasteiger partial charge in [-0.3, -0.25) is 10.1 Å². The van der Waals surface area contributed by atoms with Crippen LogP contribution in [0.15, 0.2) is 29.6 Å². The Bertz CT molecular complexity index is 659. The SMILES string of the molecule is O=[N+]([O-])c1ccccc1/C=C/c1nc(C2CCC2)cs1. The fourth-order valence-electron chi connectivity index (χ4n) is 2.22. The van der Waals surface area contributed by atoms with Crippen molar-refractivity contribution in [1.29, 1.82) is 0 Å². The molecule has 0 radical (unpaired) electrons. The van der Waals surface area contributed by atoms with E-state index in [1.807, 2.05) is 6.08 Å². The number of thiazole rings is 1. The summed E-state index contributed by atoms with van der Waals surface area (Å²) in [5.74, 6) is 0.625. The lowest BCUT2D eigenvalue weighted by Gasteiger charge is -2.22. The first-order valence-electron chi connectivity index (χ1n) is 6.61. The molecule has 1 aliphatic rings. The minimum absolute atomic E-state index is 0.125. The number of nitro benzene ring substituents is 1. The quantitative estimate of drug-likeness (QED) is 0.614. The molecule has 4 nitrogen and oxygen atoms in total. The van der Waals surface area contributed by atoms with E-state index in [-0.39, 0.29) is 10.6 Å². The molecule has 0 unspecified atom stereocenters. The van der Waals surface area contributed by atoms with Crippen LogP contribution in [0, 0.1) is 10.1 Å². The van der Waals surface area contributed by atoms with Gasteiger partial charge in [-0.1, -0.05) is 18.6 Å². The minimum Gasteiger partial charge on any atom is -0.258 e. The lowest BCUT2D eigenvalue weighted by molar-refractivity contribution is -0.385. The molecule has 0 atom stereocenters. The highest BCUT2D eigenvalue weighted by atomic mass is 32.1. The van der Waals surface area contributed by atoms with Gasteiger partial charge in [0.15, 0.2) is 0 Å². The van der Waals surface area contributed by atoms with E-state index in [4.69, 9.17) is 0 Å². The maximum atomic E-state index is 10.9. The largest absolute Gasteiger partial charge is 0.276 e. The number of hydrogen-bond donors (Lipinski definition) is 0. The second kappa shape index (κ2) is 5.54. The molecule has 0 aliphatic heterocycles. The molecule has 0 spiro atoms. The van der Waals surface area contributed by atoms with E-state index in [9.17, 15) is 10.1 Å². The van der Waals surface area contributed by atoms with Gasteiger partial charge in [-0.15, -0.1) is 11.3 Å². The van der Waals surface area contributed by atoms with E-state index in [1.165, 1.54) is 31.0 Å². The zero-order valence-electron chi connectivity index (χ0n) is 10.9. The summed E-state index contributed by atoms with van der Waals surface area (Å²) in [6.07, 6.45) is 7.38. The van der Waals surface area contributed by atoms with Gasteiger partial charge in [-0.25, -0.2) is 4.98 Å². The van der Waals surface area contributed by atoms with Crippen molar-refractivity contribution in [3.8, 4) is 0 Å². The molecule has 1 saturated carbocycles. The summed E-state index contributed by atoms with van der Waals surface area (Å²) in [4.78, 5) is 15.2. The second-order valence-electron chi connectivity index (χ2n) is 4.89. The number of rotatable bonds is 4. The number of para-hydroxylation sites is 1. The van der Waals surface area contributed by atoms with Gasteiger partial charge >= 0.3 is 0 Å². The van der Waals surface area contributed by atoms with Gasteiger partial charge in [0.25, 0.3) is 5.69 Å². The Morgan fingerprint density at radius 1 is 1.30 bits per heavy atom. The summed E-state index contributed by atoms with van der Waals surface area (Å²) in [6, 6.07) is 6.73. The summed E-state index contributed by atoms with van der Waals surface area (Å²) in [6.45, 7) is 0. The number of nitrogens with zero attached hydrogens (tertiary/aromatic N) is 2. The van der Waals surface area contributed by atoms with Crippen LogP contribution in [0.5, 0.6) is 0 Å². The molecule has 2 aromatic rings. The number of hydrogen-bond acceptors (Lipinski definition) is 4. The maximum Gasteiger partial charge on any atom is 0.276 e. The molecular weight excluding hydrogens is 272 g/mol. The van der Waals surface area contributed by atoms with E-state index in [0.29, 0.717) is 11.5 Å². The van der Waals surface area contributed by atoms with Crippen LogP contribution in [0.3, 0.4) is 0 Å². The van der Waals surface area contributed by atoms with E-state index in [0.717, 1.165) is 5.01 Å². The van der Waals surface area contributed by atoms with Gasteiger partial charge in [0, 0.05) is 17.4 Å². The van der Waals surface area contributed by atoms with Crippen LogP contribution in [0.2, 0.25) is 0 Å². The van der Waals surface area contributed by atoms with Crippen LogP contribution in [0.25, 0.3) is 12.2 Å². The normalized spacial score (nSPS) is 15.4. The first-order valence-corrected chi connectivity index (χ1v) is 7.49. The maximum absolute atomic E-state index is 10.9. The Morgan fingerprint density at radius 3 is 2.80 bits per heavy atom. The number of aromatic nitrogens is 1.